The Bertz CT molecular complexity index is 756. The molecule has 2 aliphatic rings. The second kappa shape index (κ2) is 9.03. The normalized spacial score (nSPS) is 17.5. The molecule has 6 heteroatoms. The first-order valence-corrected chi connectivity index (χ1v) is 9.10. The third kappa shape index (κ3) is 4.67. The predicted octanol–water partition coefficient (Wildman–Crippen LogP) is 3.99. The zero-order chi connectivity index (χ0) is 16.5. The van der Waals surface area contributed by atoms with Crippen LogP contribution in [0.5, 0.6) is 0 Å². The van der Waals surface area contributed by atoms with E-state index in [4.69, 9.17) is 0 Å². The molecule has 1 aromatic heterocycles. The van der Waals surface area contributed by atoms with Gasteiger partial charge in [-0.15, -0.1) is 24.8 Å². The lowest BCUT2D eigenvalue weighted by Crippen LogP contribution is -2.45. The standard InChI is InChI=1S/C20H25N3O.2ClH/c1-14-5-8-16-3-2-4-18(19(16)22-14)20(24)23-11-9-17(10-12-23)21-13-15-6-7-15;;/h2-5,8,15,17,21H,6-7,9-13H2,1H3;2*1H. The average molecular weight is 396 g/mol. The molecule has 0 unspecified atom stereocenters. The molecule has 2 aromatic rings. The fourth-order valence-electron chi connectivity index (χ4n) is 3.53. The zero-order valence-corrected chi connectivity index (χ0v) is 16.7. The third-order valence-electron chi connectivity index (χ3n) is 5.26. The van der Waals surface area contributed by atoms with E-state index in [0.29, 0.717) is 6.04 Å². The van der Waals surface area contributed by atoms with E-state index >= 15 is 0 Å². The summed E-state index contributed by atoms with van der Waals surface area (Å²) in [6.07, 6.45) is 4.88. The second-order valence-electron chi connectivity index (χ2n) is 7.25. The molecule has 1 saturated heterocycles. The number of amides is 1. The number of aryl methyl sites for hydroxylation is 1. The number of carbonyl (C=O) groups excluding carboxylic acids is 1. The fraction of sp³-hybridized carbons (Fsp3) is 0.500. The largest absolute Gasteiger partial charge is 0.338 e. The molecule has 0 atom stereocenters. The first-order valence-electron chi connectivity index (χ1n) is 9.10. The van der Waals surface area contributed by atoms with Crippen LogP contribution in [0, 0.1) is 12.8 Å². The lowest BCUT2D eigenvalue weighted by molar-refractivity contribution is 0.0707. The van der Waals surface area contributed by atoms with Crippen LogP contribution in [0.4, 0.5) is 0 Å². The lowest BCUT2D eigenvalue weighted by Gasteiger charge is -2.32. The van der Waals surface area contributed by atoms with Gasteiger partial charge in [-0.1, -0.05) is 18.2 Å². The monoisotopic (exact) mass is 395 g/mol. The highest BCUT2D eigenvalue weighted by atomic mass is 35.5. The summed E-state index contributed by atoms with van der Waals surface area (Å²) >= 11 is 0. The second-order valence-corrected chi connectivity index (χ2v) is 7.25. The van der Waals surface area contributed by atoms with Gasteiger partial charge in [0.1, 0.15) is 0 Å². The van der Waals surface area contributed by atoms with Crippen molar-refractivity contribution in [3.05, 3.63) is 41.6 Å². The Morgan fingerprint density at radius 1 is 1.12 bits per heavy atom. The molecule has 0 spiro atoms. The van der Waals surface area contributed by atoms with Crippen molar-refractivity contribution < 1.29 is 4.79 Å². The van der Waals surface area contributed by atoms with Crippen LogP contribution in [0.25, 0.3) is 10.9 Å². The molecule has 1 saturated carbocycles. The Balaban J connectivity index is 0.00000121. The van der Waals surface area contributed by atoms with E-state index in [-0.39, 0.29) is 30.7 Å². The molecular formula is C20H27Cl2N3O. The van der Waals surface area contributed by atoms with Crippen molar-refractivity contribution in [1.82, 2.24) is 15.2 Å². The van der Waals surface area contributed by atoms with Gasteiger partial charge in [-0.25, -0.2) is 0 Å². The van der Waals surface area contributed by atoms with Crippen molar-refractivity contribution in [3.8, 4) is 0 Å². The number of nitrogens with one attached hydrogen (secondary N) is 1. The number of nitrogens with zero attached hydrogens (tertiary/aromatic N) is 2. The van der Waals surface area contributed by atoms with Crippen molar-refractivity contribution in [2.45, 2.75) is 38.6 Å². The van der Waals surface area contributed by atoms with E-state index < -0.39 is 0 Å². The topological polar surface area (TPSA) is 45.2 Å². The number of piperidine rings is 1. The number of benzene rings is 1. The average Bonchev–Trinajstić information content (AvgIpc) is 3.44. The maximum Gasteiger partial charge on any atom is 0.256 e. The summed E-state index contributed by atoms with van der Waals surface area (Å²) in [5.41, 5.74) is 2.52. The Morgan fingerprint density at radius 2 is 1.85 bits per heavy atom. The number of likely N-dealkylation sites (tertiary alicyclic amines) is 1. The van der Waals surface area contributed by atoms with E-state index in [1.54, 1.807) is 0 Å². The highest BCUT2D eigenvalue weighted by molar-refractivity contribution is 6.05. The minimum absolute atomic E-state index is 0. The highest BCUT2D eigenvalue weighted by Gasteiger charge is 2.27. The zero-order valence-electron chi connectivity index (χ0n) is 15.1. The van der Waals surface area contributed by atoms with Crippen LogP contribution in [-0.4, -0.2) is 41.5 Å². The maximum atomic E-state index is 13.0. The van der Waals surface area contributed by atoms with Gasteiger partial charge in [-0.3, -0.25) is 9.78 Å². The molecule has 4 rings (SSSR count). The predicted molar refractivity (Wildman–Crippen MR) is 111 cm³/mol. The van der Waals surface area contributed by atoms with Gasteiger partial charge in [-0.2, -0.15) is 0 Å². The third-order valence-corrected chi connectivity index (χ3v) is 5.26. The van der Waals surface area contributed by atoms with Gasteiger partial charge in [-0.05, 0) is 57.2 Å². The van der Waals surface area contributed by atoms with Crippen LogP contribution >= 0.6 is 24.8 Å². The van der Waals surface area contributed by atoms with Crippen molar-refractivity contribution >= 4 is 41.6 Å². The Morgan fingerprint density at radius 3 is 2.54 bits per heavy atom. The molecule has 1 aliphatic heterocycles. The summed E-state index contributed by atoms with van der Waals surface area (Å²) in [4.78, 5) is 19.6. The molecule has 0 radical (unpaired) electrons. The van der Waals surface area contributed by atoms with E-state index in [1.807, 2.05) is 42.2 Å². The number of pyridine rings is 1. The number of rotatable bonds is 4. The Labute approximate surface area is 167 Å². The van der Waals surface area contributed by atoms with Crippen molar-refractivity contribution in [2.75, 3.05) is 19.6 Å². The smallest absolute Gasteiger partial charge is 0.256 e. The Hall–Kier alpha value is -1.36. The minimum Gasteiger partial charge on any atom is -0.338 e. The molecular weight excluding hydrogens is 369 g/mol. The highest BCUT2D eigenvalue weighted by Crippen LogP contribution is 2.28. The fourth-order valence-corrected chi connectivity index (χ4v) is 3.53. The maximum absolute atomic E-state index is 13.0. The van der Waals surface area contributed by atoms with Crippen LogP contribution in [0.1, 0.15) is 41.7 Å². The van der Waals surface area contributed by atoms with Gasteiger partial charge in [0.05, 0.1) is 11.1 Å². The number of aromatic nitrogens is 1. The number of hydrogen-bond donors (Lipinski definition) is 1. The molecule has 1 N–H and O–H groups in total. The van der Waals surface area contributed by atoms with Gasteiger partial charge in [0.25, 0.3) is 5.91 Å². The van der Waals surface area contributed by atoms with Gasteiger partial charge in [0, 0.05) is 30.2 Å². The summed E-state index contributed by atoms with van der Waals surface area (Å²) in [5, 5.41) is 4.70. The van der Waals surface area contributed by atoms with Crippen LogP contribution < -0.4 is 5.32 Å². The van der Waals surface area contributed by atoms with Gasteiger partial charge >= 0.3 is 0 Å². The van der Waals surface area contributed by atoms with Crippen molar-refractivity contribution in [1.29, 1.82) is 0 Å². The van der Waals surface area contributed by atoms with Crippen LogP contribution in [0.3, 0.4) is 0 Å². The SMILES string of the molecule is Cc1ccc2cccc(C(=O)N3CCC(NCC4CC4)CC3)c2n1.Cl.Cl. The summed E-state index contributed by atoms with van der Waals surface area (Å²) in [5.74, 6) is 1.04. The molecule has 4 nitrogen and oxygen atoms in total. The molecule has 26 heavy (non-hydrogen) atoms. The number of halogens is 2. The Kier molecular flexibility index (Phi) is 7.27. The minimum atomic E-state index is 0. The number of carbonyl (C=O) groups is 1. The molecule has 2 fully saturated rings. The van der Waals surface area contributed by atoms with Crippen molar-refractivity contribution in [2.24, 2.45) is 5.92 Å². The lowest BCUT2D eigenvalue weighted by atomic mass is 10.0. The van der Waals surface area contributed by atoms with E-state index in [1.165, 1.54) is 12.8 Å². The van der Waals surface area contributed by atoms with E-state index in [2.05, 4.69) is 10.3 Å². The summed E-state index contributed by atoms with van der Waals surface area (Å²) in [6, 6.07) is 10.5. The van der Waals surface area contributed by atoms with E-state index in [0.717, 1.165) is 60.6 Å². The van der Waals surface area contributed by atoms with E-state index in [9.17, 15) is 4.79 Å². The van der Waals surface area contributed by atoms with Gasteiger partial charge < -0.3 is 10.2 Å². The number of hydrogen-bond acceptors (Lipinski definition) is 3. The first kappa shape index (κ1) is 20.9. The van der Waals surface area contributed by atoms with Crippen LogP contribution in [0.2, 0.25) is 0 Å². The summed E-state index contributed by atoms with van der Waals surface area (Å²) in [7, 11) is 0. The van der Waals surface area contributed by atoms with Gasteiger partial charge in [0.15, 0.2) is 0 Å². The first-order chi connectivity index (χ1) is 11.7. The van der Waals surface area contributed by atoms with Crippen LogP contribution in [0.15, 0.2) is 30.3 Å². The summed E-state index contributed by atoms with van der Waals surface area (Å²) in [6.45, 7) is 4.80. The number of para-hydroxylation sites is 1. The molecule has 1 aromatic carbocycles. The van der Waals surface area contributed by atoms with Gasteiger partial charge in [0.2, 0.25) is 0 Å². The number of fused-ring (bicyclic) bond motifs is 1. The quantitative estimate of drug-likeness (QED) is 0.850. The molecule has 0 bridgehead atoms. The molecule has 1 aliphatic carbocycles. The summed E-state index contributed by atoms with van der Waals surface area (Å²) < 4.78 is 0. The van der Waals surface area contributed by atoms with Crippen molar-refractivity contribution in [3.63, 3.8) is 0 Å². The van der Waals surface area contributed by atoms with Crippen LogP contribution in [-0.2, 0) is 0 Å². The molecule has 2 heterocycles. The molecule has 1 amide bonds. The molecule has 142 valence electrons.